The molecule has 19 heavy (non-hydrogen) atoms. The molecule has 0 aliphatic carbocycles. The maximum atomic E-state index is 5.23. The highest BCUT2D eigenvalue weighted by molar-refractivity contribution is 7.71. The van der Waals surface area contributed by atoms with Gasteiger partial charge in [0.05, 0.1) is 11.9 Å². The van der Waals surface area contributed by atoms with Crippen LogP contribution in [0.3, 0.4) is 0 Å². The Kier molecular flexibility index (Phi) is 3.27. The van der Waals surface area contributed by atoms with E-state index in [4.69, 9.17) is 12.2 Å². The Morgan fingerprint density at radius 3 is 3.05 bits per heavy atom. The zero-order chi connectivity index (χ0) is 13.2. The fraction of sp³-hybridized carbons (Fsp3) is 0.154. The summed E-state index contributed by atoms with van der Waals surface area (Å²) in [6, 6.07) is 6.00. The molecule has 0 saturated carbocycles. The molecule has 0 aliphatic rings. The van der Waals surface area contributed by atoms with Crippen molar-refractivity contribution in [3.8, 4) is 11.3 Å². The van der Waals surface area contributed by atoms with Gasteiger partial charge in [0.25, 0.3) is 0 Å². The van der Waals surface area contributed by atoms with Crippen molar-refractivity contribution in [1.29, 1.82) is 0 Å². The Bertz CT molecular complexity index is 740. The highest BCUT2D eigenvalue weighted by Gasteiger charge is 2.05. The van der Waals surface area contributed by atoms with Crippen LogP contribution >= 0.6 is 23.6 Å². The number of thiophene rings is 1. The summed E-state index contributed by atoms with van der Waals surface area (Å²) < 4.78 is 2.37. The summed E-state index contributed by atoms with van der Waals surface area (Å²) in [7, 11) is 1.89. The predicted molar refractivity (Wildman–Crippen MR) is 78.7 cm³/mol. The molecule has 3 heterocycles. The zero-order valence-corrected chi connectivity index (χ0v) is 12.0. The van der Waals surface area contributed by atoms with Crippen LogP contribution in [0.15, 0.2) is 36.0 Å². The Balaban J connectivity index is 1.98. The van der Waals surface area contributed by atoms with Crippen LogP contribution in [0.4, 0.5) is 0 Å². The van der Waals surface area contributed by atoms with Gasteiger partial charge in [0.1, 0.15) is 10.5 Å². The first-order valence-electron chi connectivity index (χ1n) is 5.82. The number of H-pyrrole nitrogens is 1. The Hall–Kier alpha value is -1.79. The quantitative estimate of drug-likeness (QED) is 0.753. The van der Waals surface area contributed by atoms with Crippen LogP contribution in [0.25, 0.3) is 11.3 Å². The largest absolute Gasteiger partial charge is 0.343 e. The van der Waals surface area contributed by atoms with Gasteiger partial charge in [0, 0.05) is 30.1 Å². The molecule has 4 nitrogen and oxygen atoms in total. The fourth-order valence-electron chi connectivity index (χ4n) is 1.89. The van der Waals surface area contributed by atoms with E-state index >= 15 is 0 Å². The van der Waals surface area contributed by atoms with Crippen molar-refractivity contribution in [2.45, 2.75) is 6.42 Å². The van der Waals surface area contributed by atoms with E-state index < -0.39 is 0 Å². The van der Waals surface area contributed by atoms with Crippen LogP contribution in [0.1, 0.15) is 10.7 Å². The zero-order valence-electron chi connectivity index (χ0n) is 10.3. The monoisotopic (exact) mass is 288 g/mol. The van der Waals surface area contributed by atoms with Gasteiger partial charge in [0.2, 0.25) is 0 Å². The number of rotatable bonds is 3. The number of aromatic amines is 1. The van der Waals surface area contributed by atoms with E-state index in [1.807, 2.05) is 31.6 Å². The molecule has 0 bridgehead atoms. The number of hydrogen-bond donors (Lipinski definition) is 1. The Morgan fingerprint density at radius 1 is 1.47 bits per heavy atom. The molecule has 0 saturated heterocycles. The van der Waals surface area contributed by atoms with E-state index in [1.54, 1.807) is 16.0 Å². The summed E-state index contributed by atoms with van der Waals surface area (Å²) in [5.74, 6) is 0.883. The lowest BCUT2D eigenvalue weighted by molar-refractivity contribution is 0.768. The summed E-state index contributed by atoms with van der Waals surface area (Å²) in [4.78, 5) is 8.97. The van der Waals surface area contributed by atoms with E-state index in [2.05, 4.69) is 26.5 Å². The van der Waals surface area contributed by atoms with Crippen LogP contribution in [0, 0.1) is 4.64 Å². The first-order chi connectivity index (χ1) is 9.20. The lowest BCUT2D eigenvalue weighted by atomic mass is 10.2. The van der Waals surface area contributed by atoms with Crippen molar-refractivity contribution in [2.75, 3.05) is 0 Å². The normalized spacial score (nSPS) is 10.8. The lowest BCUT2D eigenvalue weighted by Crippen LogP contribution is -1.97. The maximum Gasteiger partial charge on any atom is 0.130 e. The van der Waals surface area contributed by atoms with Crippen molar-refractivity contribution >= 4 is 23.6 Å². The van der Waals surface area contributed by atoms with Gasteiger partial charge in [-0.05, 0) is 17.5 Å². The first kappa shape index (κ1) is 12.3. The second-order valence-electron chi connectivity index (χ2n) is 4.24. The third kappa shape index (κ3) is 2.80. The maximum absolute atomic E-state index is 5.23. The minimum Gasteiger partial charge on any atom is -0.343 e. The first-order valence-corrected chi connectivity index (χ1v) is 7.11. The minimum atomic E-state index is 0.601. The predicted octanol–water partition coefficient (Wildman–Crippen LogP) is 3.19. The topological polar surface area (TPSA) is 46.5 Å². The molecule has 3 rings (SSSR count). The number of aromatic nitrogens is 4. The molecule has 0 unspecified atom stereocenters. The molecular formula is C13H12N4S2. The molecule has 0 aliphatic heterocycles. The van der Waals surface area contributed by atoms with Gasteiger partial charge in [-0.1, -0.05) is 18.3 Å². The van der Waals surface area contributed by atoms with Gasteiger partial charge in [-0.25, -0.2) is 4.98 Å². The molecule has 0 radical (unpaired) electrons. The molecule has 3 aromatic heterocycles. The Labute approximate surface area is 119 Å². The molecule has 0 atom stereocenters. The van der Waals surface area contributed by atoms with Gasteiger partial charge in [-0.15, -0.1) is 11.3 Å². The molecule has 96 valence electrons. The summed E-state index contributed by atoms with van der Waals surface area (Å²) in [6.45, 7) is 0. The molecule has 3 aromatic rings. The van der Waals surface area contributed by atoms with Crippen molar-refractivity contribution in [1.82, 2.24) is 19.7 Å². The van der Waals surface area contributed by atoms with Crippen molar-refractivity contribution < 1.29 is 0 Å². The smallest absolute Gasteiger partial charge is 0.130 e. The second kappa shape index (κ2) is 5.07. The van der Waals surface area contributed by atoms with Crippen LogP contribution in [-0.2, 0) is 13.5 Å². The highest BCUT2D eigenvalue weighted by atomic mass is 32.1. The minimum absolute atomic E-state index is 0.601. The van der Waals surface area contributed by atoms with E-state index in [-0.39, 0.29) is 0 Å². The molecule has 6 heteroatoms. The van der Waals surface area contributed by atoms with Crippen LogP contribution in [-0.4, -0.2) is 19.7 Å². The summed E-state index contributed by atoms with van der Waals surface area (Å²) >= 11 is 6.95. The van der Waals surface area contributed by atoms with E-state index in [0.717, 1.165) is 23.5 Å². The summed E-state index contributed by atoms with van der Waals surface area (Å²) in [5.41, 5.74) is 1.98. The van der Waals surface area contributed by atoms with E-state index in [9.17, 15) is 0 Å². The molecule has 1 N–H and O–H groups in total. The van der Waals surface area contributed by atoms with Gasteiger partial charge in [-0.3, -0.25) is 4.68 Å². The van der Waals surface area contributed by atoms with Crippen molar-refractivity contribution in [3.05, 3.63) is 51.3 Å². The number of hydrogen-bond acceptors (Lipinski definition) is 4. The van der Waals surface area contributed by atoms with Crippen LogP contribution < -0.4 is 0 Å². The Morgan fingerprint density at radius 2 is 2.37 bits per heavy atom. The lowest BCUT2D eigenvalue weighted by Gasteiger charge is -2.03. The van der Waals surface area contributed by atoms with Gasteiger partial charge in [0.15, 0.2) is 0 Å². The molecular weight excluding hydrogens is 276 g/mol. The SMILES string of the molecule is Cn1cc(-c2cc(=S)nc(Cc3cccs3)[nH]2)cn1. The molecule has 0 aromatic carbocycles. The summed E-state index contributed by atoms with van der Waals surface area (Å²) in [5, 5.41) is 6.24. The van der Waals surface area contributed by atoms with Gasteiger partial charge < -0.3 is 4.98 Å². The number of nitrogens with zero attached hydrogens (tertiary/aromatic N) is 3. The van der Waals surface area contributed by atoms with Crippen molar-refractivity contribution in [3.63, 3.8) is 0 Å². The number of nitrogens with one attached hydrogen (secondary N) is 1. The third-order valence-corrected chi connectivity index (χ3v) is 3.82. The standard InChI is InChI=1S/C13H12N4S2/c1-17-8-9(7-14-17)11-6-13(18)16-12(15-11)5-10-3-2-4-19-10/h2-4,6-8H,5H2,1H3,(H,15,16,18). The number of aryl methyl sites for hydroxylation is 1. The van der Waals surface area contributed by atoms with Crippen LogP contribution in [0.2, 0.25) is 0 Å². The average Bonchev–Trinajstić information content (AvgIpc) is 3.00. The van der Waals surface area contributed by atoms with E-state index in [1.165, 1.54) is 4.88 Å². The van der Waals surface area contributed by atoms with Gasteiger partial charge >= 0.3 is 0 Å². The second-order valence-corrected chi connectivity index (χ2v) is 5.69. The third-order valence-electron chi connectivity index (χ3n) is 2.73. The molecule has 0 amide bonds. The fourth-order valence-corrected chi connectivity index (χ4v) is 2.82. The van der Waals surface area contributed by atoms with Gasteiger partial charge in [-0.2, -0.15) is 5.10 Å². The summed E-state index contributed by atoms with van der Waals surface area (Å²) in [6.07, 6.45) is 4.54. The van der Waals surface area contributed by atoms with Crippen LogP contribution in [0.5, 0.6) is 0 Å². The average molecular weight is 288 g/mol. The highest BCUT2D eigenvalue weighted by Crippen LogP contribution is 2.18. The van der Waals surface area contributed by atoms with E-state index in [0.29, 0.717) is 4.64 Å². The van der Waals surface area contributed by atoms with Crippen molar-refractivity contribution in [2.24, 2.45) is 7.05 Å². The molecule has 0 spiro atoms. The molecule has 0 fully saturated rings.